The maximum atomic E-state index is 12.3. The maximum absolute atomic E-state index is 12.3. The molecule has 0 amide bonds. The van der Waals surface area contributed by atoms with Gasteiger partial charge in [-0.25, -0.2) is 4.79 Å². The average Bonchev–Trinajstić information content (AvgIpc) is 2.56. The van der Waals surface area contributed by atoms with E-state index in [9.17, 15) is 9.59 Å². The predicted molar refractivity (Wildman–Crippen MR) is 88.9 cm³/mol. The Morgan fingerprint density at radius 1 is 1.22 bits per heavy atom. The van der Waals surface area contributed by atoms with E-state index in [0.29, 0.717) is 31.9 Å². The SMILES string of the molecule is CC(Nc1cc(=O)n(C2CCOCC2)c(=O)[nH]1)c1ccccc1. The van der Waals surface area contributed by atoms with Gasteiger partial charge in [0, 0.05) is 31.4 Å². The summed E-state index contributed by atoms with van der Waals surface area (Å²) in [6.45, 7) is 3.15. The highest BCUT2D eigenvalue weighted by Gasteiger charge is 2.19. The van der Waals surface area contributed by atoms with Gasteiger partial charge in [-0.3, -0.25) is 14.3 Å². The molecule has 2 aromatic rings. The summed E-state index contributed by atoms with van der Waals surface area (Å²) < 4.78 is 6.59. The first kappa shape index (κ1) is 15.6. The van der Waals surface area contributed by atoms with Gasteiger partial charge in [0.2, 0.25) is 0 Å². The Hall–Kier alpha value is -2.34. The molecule has 1 aromatic carbocycles. The molecule has 0 bridgehead atoms. The molecule has 1 saturated heterocycles. The molecule has 1 aromatic heterocycles. The second kappa shape index (κ2) is 6.83. The third-order valence-corrected chi connectivity index (χ3v) is 4.19. The van der Waals surface area contributed by atoms with Crippen molar-refractivity contribution in [2.45, 2.75) is 31.8 Å². The van der Waals surface area contributed by atoms with Gasteiger partial charge >= 0.3 is 5.69 Å². The van der Waals surface area contributed by atoms with Crippen LogP contribution in [0, 0.1) is 0 Å². The number of hydrogen-bond donors (Lipinski definition) is 2. The van der Waals surface area contributed by atoms with Crippen LogP contribution in [0.3, 0.4) is 0 Å². The standard InChI is InChI=1S/C17H21N3O3/c1-12(13-5-3-2-4-6-13)18-15-11-16(21)20(17(22)19-15)14-7-9-23-10-8-14/h2-6,11-12,14,18H,7-10H2,1H3,(H,19,22). The zero-order valence-corrected chi connectivity index (χ0v) is 13.1. The summed E-state index contributed by atoms with van der Waals surface area (Å²) in [6.07, 6.45) is 1.38. The Labute approximate surface area is 134 Å². The van der Waals surface area contributed by atoms with E-state index in [1.165, 1.54) is 10.6 Å². The molecule has 3 rings (SSSR count). The van der Waals surface area contributed by atoms with Gasteiger partial charge in [0.05, 0.1) is 0 Å². The zero-order chi connectivity index (χ0) is 16.2. The highest BCUT2D eigenvalue weighted by Crippen LogP contribution is 2.18. The molecule has 1 aliphatic heterocycles. The van der Waals surface area contributed by atoms with Crippen molar-refractivity contribution in [1.29, 1.82) is 0 Å². The lowest BCUT2D eigenvalue weighted by atomic mass is 10.1. The molecule has 1 atom stereocenters. The first-order valence-electron chi connectivity index (χ1n) is 7.90. The van der Waals surface area contributed by atoms with Crippen molar-refractivity contribution in [3.63, 3.8) is 0 Å². The monoisotopic (exact) mass is 315 g/mol. The fourth-order valence-electron chi connectivity index (χ4n) is 2.93. The summed E-state index contributed by atoms with van der Waals surface area (Å²) in [5.74, 6) is 0.444. The number of nitrogens with one attached hydrogen (secondary N) is 2. The molecule has 6 heteroatoms. The topological polar surface area (TPSA) is 76.1 Å². The summed E-state index contributed by atoms with van der Waals surface area (Å²) in [6, 6.07) is 11.2. The van der Waals surface area contributed by atoms with Crippen LogP contribution in [0.25, 0.3) is 0 Å². The second-order valence-corrected chi connectivity index (χ2v) is 5.82. The number of aromatic amines is 1. The molecule has 23 heavy (non-hydrogen) atoms. The molecule has 122 valence electrons. The summed E-state index contributed by atoms with van der Waals surface area (Å²) >= 11 is 0. The van der Waals surface area contributed by atoms with Gasteiger partial charge in [0.15, 0.2) is 0 Å². The number of hydrogen-bond acceptors (Lipinski definition) is 4. The van der Waals surface area contributed by atoms with Gasteiger partial charge in [-0.05, 0) is 25.3 Å². The highest BCUT2D eigenvalue weighted by molar-refractivity contribution is 5.36. The molecule has 0 aliphatic carbocycles. The first-order chi connectivity index (χ1) is 11.1. The van der Waals surface area contributed by atoms with Crippen molar-refractivity contribution in [3.05, 3.63) is 62.8 Å². The summed E-state index contributed by atoms with van der Waals surface area (Å²) in [4.78, 5) is 27.4. The molecule has 0 spiro atoms. The third-order valence-electron chi connectivity index (χ3n) is 4.19. The van der Waals surface area contributed by atoms with Crippen molar-refractivity contribution in [3.8, 4) is 0 Å². The number of ether oxygens (including phenoxy) is 1. The normalized spacial score (nSPS) is 16.9. The van der Waals surface area contributed by atoms with E-state index in [1.807, 2.05) is 37.3 Å². The van der Waals surface area contributed by atoms with Crippen LogP contribution in [-0.4, -0.2) is 22.8 Å². The van der Waals surface area contributed by atoms with Gasteiger partial charge in [-0.2, -0.15) is 0 Å². The quantitative estimate of drug-likeness (QED) is 0.905. The van der Waals surface area contributed by atoms with E-state index in [-0.39, 0.29) is 23.3 Å². The lowest BCUT2D eigenvalue weighted by Crippen LogP contribution is -2.40. The fourth-order valence-corrected chi connectivity index (χ4v) is 2.93. The van der Waals surface area contributed by atoms with Crippen LogP contribution in [0.2, 0.25) is 0 Å². The highest BCUT2D eigenvalue weighted by atomic mass is 16.5. The molecular weight excluding hydrogens is 294 g/mol. The van der Waals surface area contributed by atoms with Gasteiger partial charge in [0.1, 0.15) is 5.82 Å². The minimum absolute atomic E-state index is 0.00909. The molecule has 0 saturated carbocycles. The lowest BCUT2D eigenvalue weighted by Gasteiger charge is -2.23. The van der Waals surface area contributed by atoms with E-state index < -0.39 is 0 Å². The van der Waals surface area contributed by atoms with E-state index in [1.54, 1.807) is 0 Å². The van der Waals surface area contributed by atoms with Gasteiger partial charge in [0.25, 0.3) is 5.56 Å². The maximum Gasteiger partial charge on any atom is 0.330 e. The molecule has 2 heterocycles. The minimum atomic E-state index is -0.368. The Morgan fingerprint density at radius 3 is 2.57 bits per heavy atom. The van der Waals surface area contributed by atoms with Crippen LogP contribution in [0.15, 0.2) is 46.0 Å². The summed E-state index contributed by atoms with van der Waals surface area (Å²) in [5.41, 5.74) is 0.442. The Kier molecular flexibility index (Phi) is 4.62. The van der Waals surface area contributed by atoms with Crippen LogP contribution < -0.4 is 16.6 Å². The Bertz CT molecular complexity index is 729. The molecule has 1 fully saturated rings. The van der Waals surface area contributed by atoms with Crippen LogP contribution >= 0.6 is 0 Å². The van der Waals surface area contributed by atoms with Crippen LogP contribution in [0.5, 0.6) is 0 Å². The predicted octanol–water partition coefficient (Wildman–Crippen LogP) is 2.06. The Balaban J connectivity index is 1.82. The first-order valence-corrected chi connectivity index (χ1v) is 7.90. The number of H-pyrrole nitrogens is 1. The summed E-state index contributed by atoms with van der Waals surface area (Å²) in [7, 11) is 0. The zero-order valence-electron chi connectivity index (χ0n) is 13.1. The van der Waals surface area contributed by atoms with Gasteiger partial charge < -0.3 is 10.1 Å². The van der Waals surface area contributed by atoms with Crippen molar-refractivity contribution >= 4 is 5.82 Å². The van der Waals surface area contributed by atoms with Crippen LogP contribution in [0.4, 0.5) is 5.82 Å². The molecule has 2 N–H and O–H groups in total. The van der Waals surface area contributed by atoms with Gasteiger partial charge in [-0.1, -0.05) is 30.3 Å². The van der Waals surface area contributed by atoms with E-state index >= 15 is 0 Å². The van der Waals surface area contributed by atoms with Gasteiger partial charge in [-0.15, -0.1) is 0 Å². The number of benzene rings is 1. The molecule has 0 radical (unpaired) electrons. The molecule has 1 aliphatic rings. The van der Waals surface area contributed by atoms with Crippen LogP contribution in [0.1, 0.15) is 37.4 Å². The average molecular weight is 315 g/mol. The number of anilines is 1. The smallest absolute Gasteiger partial charge is 0.330 e. The van der Waals surface area contributed by atoms with E-state index in [2.05, 4.69) is 10.3 Å². The van der Waals surface area contributed by atoms with Crippen molar-refractivity contribution in [1.82, 2.24) is 9.55 Å². The fraction of sp³-hybridized carbons (Fsp3) is 0.412. The van der Waals surface area contributed by atoms with E-state index in [4.69, 9.17) is 4.74 Å². The lowest BCUT2D eigenvalue weighted by molar-refractivity contribution is 0.0674. The summed E-state index contributed by atoms with van der Waals surface area (Å²) in [5, 5.41) is 3.18. The minimum Gasteiger partial charge on any atom is -0.381 e. The number of rotatable bonds is 4. The second-order valence-electron chi connectivity index (χ2n) is 5.82. The van der Waals surface area contributed by atoms with Crippen molar-refractivity contribution in [2.75, 3.05) is 18.5 Å². The van der Waals surface area contributed by atoms with Crippen LogP contribution in [-0.2, 0) is 4.74 Å². The molecule has 1 unspecified atom stereocenters. The Morgan fingerprint density at radius 2 is 1.91 bits per heavy atom. The van der Waals surface area contributed by atoms with E-state index in [0.717, 1.165) is 5.56 Å². The number of nitrogens with zero attached hydrogens (tertiary/aromatic N) is 1. The van der Waals surface area contributed by atoms with Crippen molar-refractivity contribution in [2.24, 2.45) is 0 Å². The third kappa shape index (κ3) is 3.53. The number of aromatic nitrogens is 2. The van der Waals surface area contributed by atoms with Crippen molar-refractivity contribution < 1.29 is 4.74 Å². The largest absolute Gasteiger partial charge is 0.381 e. The molecular formula is C17H21N3O3. The molecule has 6 nitrogen and oxygen atoms in total.